The highest BCUT2D eigenvalue weighted by Gasteiger charge is 2.12. The van der Waals surface area contributed by atoms with Crippen molar-refractivity contribution < 1.29 is 4.74 Å². The number of thiophene rings is 1. The lowest BCUT2D eigenvalue weighted by Gasteiger charge is -2.01. The molecule has 0 saturated carbocycles. The van der Waals surface area contributed by atoms with Crippen LogP contribution in [0.15, 0.2) is 65.5 Å². The van der Waals surface area contributed by atoms with E-state index >= 15 is 0 Å². The molecule has 4 aromatic rings. The third-order valence-electron chi connectivity index (χ3n) is 4.10. The molecule has 0 spiro atoms. The van der Waals surface area contributed by atoms with Gasteiger partial charge in [0.05, 0.1) is 17.5 Å². The molecule has 1 N–H and O–H groups in total. The van der Waals surface area contributed by atoms with Crippen LogP contribution in [0, 0.1) is 0 Å². The number of hydrogen-bond donors (Lipinski definition) is 1. The largest absolute Gasteiger partial charge is 0.497 e. The van der Waals surface area contributed by atoms with Crippen molar-refractivity contribution >= 4 is 44.3 Å². The predicted molar refractivity (Wildman–Crippen MR) is 112 cm³/mol. The number of halogens is 1. The van der Waals surface area contributed by atoms with E-state index in [1.165, 1.54) is 11.3 Å². The Morgan fingerprint density at radius 3 is 2.59 bits per heavy atom. The average Bonchev–Trinajstić information content (AvgIpc) is 3.14. The van der Waals surface area contributed by atoms with Crippen LogP contribution in [0.5, 0.6) is 5.75 Å². The van der Waals surface area contributed by atoms with E-state index in [1.54, 1.807) is 13.2 Å². The number of ether oxygens (including phenoxy) is 1. The van der Waals surface area contributed by atoms with Gasteiger partial charge in [-0.25, -0.2) is 4.98 Å². The SMILES string of the molecule is COc1ccc(/C=C(\Cl)c2nc3sc(-c4ccccc4)cc3c(=O)[nH]2)cc1. The summed E-state index contributed by atoms with van der Waals surface area (Å²) in [6, 6.07) is 19.3. The van der Waals surface area contributed by atoms with Gasteiger partial charge in [-0.15, -0.1) is 11.3 Å². The Bertz CT molecular complexity index is 1180. The summed E-state index contributed by atoms with van der Waals surface area (Å²) in [7, 11) is 1.62. The Labute approximate surface area is 164 Å². The molecule has 134 valence electrons. The molecule has 0 unspecified atom stereocenters. The fourth-order valence-electron chi connectivity index (χ4n) is 2.70. The fraction of sp³-hybridized carbons (Fsp3) is 0.0476. The average molecular weight is 395 g/mol. The second-order valence-corrected chi connectivity index (χ2v) is 7.31. The molecule has 0 aliphatic heterocycles. The van der Waals surface area contributed by atoms with Crippen LogP contribution in [-0.4, -0.2) is 17.1 Å². The summed E-state index contributed by atoms with van der Waals surface area (Å²) >= 11 is 7.89. The Morgan fingerprint density at radius 2 is 1.89 bits per heavy atom. The first kappa shape index (κ1) is 17.5. The van der Waals surface area contributed by atoms with E-state index in [9.17, 15) is 4.79 Å². The van der Waals surface area contributed by atoms with Gasteiger partial charge in [-0.05, 0) is 35.4 Å². The molecular formula is C21H15ClN2O2S. The van der Waals surface area contributed by atoms with E-state index in [-0.39, 0.29) is 5.56 Å². The summed E-state index contributed by atoms with van der Waals surface area (Å²) in [6.45, 7) is 0. The molecule has 0 fully saturated rings. The van der Waals surface area contributed by atoms with Crippen LogP contribution in [0.1, 0.15) is 11.4 Å². The molecule has 0 aliphatic rings. The van der Waals surface area contributed by atoms with Crippen LogP contribution in [-0.2, 0) is 0 Å². The third-order valence-corrected chi connectivity index (χ3v) is 5.46. The van der Waals surface area contributed by atoms with E-state index in [2.05, 4.69) is 9.97 Å². The van der Waals surface area contributed by atoms with Gasteiger partial charge in [0.1, 0.15) is 10.6 Å². The summed E-state index contributed by atoms with van der Waals surface area (Å²) in [5.41, 5.74) is 1.75. The van der Waals surface area contributed by atoms with Gasteiger partial charge >= 0.3 is 0 Å². The third kappa shape index (κ3) is 3.65. The summed E-state index contributed by atoms with van der Waals surface area (Å²) < 4.78 is 5.15. The Kier molecular flexibility index (Phi) is 4.79. The maximum absolute atomic E-state index is 12.5. The standard InChI is InChI=1S/C21H15ClN2O2S/c1-26-15-9-7-13(8-10-15)11-17(22)19-23-20(25)16-12-18(27-21(16)24-19)14-5-3-2-4-6-14/h2-12H,1H3,(H,23,24,25)/b17-11-. The van der Waals surface area contributed by atoms with Crippen molar-refractivity contribution in [2.75, 3.05) is 7.11 Å². The molecular weight excluding hydrogens is 380 g/mol. The van der Waals surface area contributed by atoms with Gasteiger partial charge in [0.25, 0.3) is 5.56 Å². The topological polar surface area (TPSA) is 55.0 Å². The van der Waals surface area contributed by atoms with Crippen LogP contribution in [0.2, 0.25) is 0 Å². The van der Waals surface area contributed by atoms with Crippen LogP contribution in [0.25, 0.3) is 31.8 Å². The molecule has 27 heavy (non-hydrogen) atoms. The second kappa shape index (κ2) is 7.39. The molecule has 6 heteroatoms. The molecule has 2 aromatic heterocycles. The van der Waals surface area contributed by atoms with Crippen molar-refractivity contribution in [3.8, 4) is 16.2 Å². The highest BCUT2D eigenvalue weighted by Crippen LogP contribution is 2.31. The van der Waals surface area contributed by atoms with E-state index in [4.69, 9.17) is 16.3 Å². The highest BCUT2D eigenvalue weighted by molar-refractivity contribution is 7.21. The van der Waals surface area contributed by atoms with Crippen molar-refractivity contribution in [2.24, 2.45) is 0 Å². The van der Waals surface area contributed by atoms with E-state index in [1.807, 2.05) is 60.7 Å². The summed E-state index contributed by atoms with van der Waals surface area (Å²) in [6.07, 6.45) is 1.76. The van der Waals surface area contributed by atoms with Crippen molar-refractivity contribution in [2.45, 2.75) is 0 Å². The number of aromatic nitrogens is 2. The number of fused-ring (bicyclic) bond motifs is 1. The number of aromatic amines is 1. The van der Waals surface area contributed by atoms with Crippen molar-refractivity contribution in [1.82, 2.24) is 9.97 Å². The quantitative estimate of drug-likeness (QED) is 0.504. The maximum Gasteiger partial charge on any atom is 0.259 e. The molecule has 0 aliphatic carbocycles. The maximum atomic E-state index is 12.5. The number of nitrogens with one attached hydrogen (secondary N) is 1. The number of hydrogen-bond acceptors (Lipinski definition) is 4. The fourth-order valence-corrected chi connectivity index (χ4v) is 3.96. The zero-order chi connectivity index (χ0) is 18.8. The van der Waals surface area contributed by atoms with Gasteiger partial charge < -0.3 is 9.72 Å². The van der Waals surface area contributed by atoms with Gasteiger partial charge in [-0.3, -0.25) is 4.79 Å². The predicted octanol–water partition coefficient (Wildman–Crippen LogP) is 5.40. The minimum absolute atomic E-state index is 0.199. The number of H-pyrrole nitrogens is 1. The van der Waals surface area contributed by atoms with Gasteiger partial charge in [-0.2, -0.15) is 0 Å². The monoisotopic (exact) mass is 394 g/mol. The summed E-state index contributed by atoms with van der Waals surface area (Å²) in [5, 5.41) is 0.936. The van der Waals surface area contributed by atoms with Crippen molar-refractivity contribution in [3.05, 3.63) is 82.4 Å². The number of methoxy groups -OCH3 is 1. The Hall–Kier alpha value is -2.89. The lowest BCUT2D eigenvalue weighted by atomic mass is 10.2. The van der Waals surface area contributed by atoms with Gasteiger partial charge in [-0.1, -0.05) is 54.1 Å². The zero-order valence-electron chi connectivity index (χ0n) is 14.4. The van der Waals surface area contributed by atoms with Crippen LogP contribution in [0.3, 0.4) is 0 Å². The van der Waals surface area contributed by atoms with Crippen molar-refractivity contribution in [1.29, 1.82) is 0 Å². The molecule has 0 bridgehead atoms. The molecule has 0 radical (unpaired) electrons. The molecule has 0 atom stereocenters. The normalized spacial score (nSPS) is 11.7. The van der Waals surface area contributed by atoms with Crippen LogP contribution < -0.4 is 10.3 Å². The number of rotatable bonds is 4. The summed E-state index contributed by atoms with van der Waals surface area (Å²) in [4.78, 5) is 21.5. The first-order chi connectivity index (χ1) is 13.1. The minimum atomic E-state index is -0.199. The molecule has 4 rings (SSSR count). The lowest BCUT2D eigenvalue weighted by Crippen LogP contribution is -2.09. The van der Waals surface area contributed by atoms with E-state index in [0.29, 0.717) is 21.1 Å². The lowest BCUT2D eigenvalue weighted by molar-refractivity contribution is 0.415. The molecule has 0 saturated heterocycles. The first-order valence-corrected chi connectivity index (χ1v) is 9.44. The zero-order valence-corrected chi connectivity index (χ0v) is 16.0. The van der Waals surface area contributed by atoms with E-state index in [0.717, 1.165) is 21.8 Å². The first-order valence-electron chi connectivity index (χ1n) is 8.25. The smallest absolute Gasteiger partial charge is 0.259 e. The molecule has 2 heterocycles. The Balaban J connectivity index is 1.73. The minimum Gasteiger partial charge on any atom is -0.497 e. The molecule has 2 aromatic carbocycles. The number of nitrogens with zero attached hydrogens (tertiary/aromatic N) is 1. The van der Waals surface area contributed by atoms with Gasteiger partial charge in [0.15, 0.2) is 5.82 Å². The van der Waals surface area contributed by atoms with E-state index < -0.39 is 0 Å². The van der Waals surface area contributed by atoms with Crippen LogP contribution >= 0.6 is 22.9 Å². The highest BCUT2D eigenvalue weighted by atomic mass is 35.5. The second-order valence-electron chi connectivity index (χ2n) is 5.88. The van der Waals surface area contributed by atoms with Gasteiger partial charge in [0, 0.05) is 4.88 Å². The number of benzene rings is 2. The molecule has 0 amide bonds. The summed E-state index contributed by atoms with van der Waals surface area (Å²) in [5.74, 6) is 1.12. The molecule has 4 nitrogen and oxygen atoms in total. The van der Waals surface area contributed by atoms with Crippen LogP contribution in [0.4, 0.5) is 0 Å². The van der Waals surface area contributed by atoms with Gasteiger partial charge in [0.2, 0.25) is 0 Å². The van der Waals surface area contributed by atoms with Crippen molar-refractivity contribution in [3.63, 3.8) is 0 Å². The Morgan fingerprint density at radius 1 is 1.15 bits per heavy atom.